The van der Waals surface area contributed by atoms with Crippen molar-refractivity contribution in [1.82, 2.24) is 10.2 Å². The van der Waals surface area contributed by atoms with E-state index in [2.05, 4.69) is 5.32 Å². The first-order valence-electron chi connectivity index (χ1n) is 12.0. The van der Waals surface area contributed by atoms with Crippen LogP contribution in [0.3, 0.4) is 0 Å². The molecule has 3 rings (SSSR count). The molecular weight excluding hydrogens is 510 g/mol. The molecule has 0 saturated heterocycles. The highest BCUT2D eigenvalue weighted by molar-refractivity contribution is 7.92. The van der Waals surface area contributed by atoms with Gasteiger partial charge in [0.05, 0.1) is 10.6 Å². The first-order valence-corrected chi connectivity index (χ1v) is 13.8. The highest BCUT2D eigenvalue weighted by Crippen LogP contribution is 2.28. The van der Waals surface area contributed by atoms with E-state index in [-0.39, 0.29) is 17.3 Å². The minimum absolute atomic E-state index is 0.0730. The molecule has 0 heterocycles. The van der Waals surface area contributed by atoms with Gasteiger partial charge in [0.2, 0.25) is 11.8 Å². The molecule has 196 valence electrons. The Morgan fingerprint density at radius 1 is 0.973 bits per heavy atom. The van der Waals surface area contributed by atoms with Crippen LogP contribution in [0.1, 0.15) is 30.5 Å². The first kappa shape index (κ1) is 28.2. The Hall–Kier alpha value is -3.36. The number of sulfonamides is 1. The van der Waals surface area contributed by atoms with Gasteiger partial charge in [-0.15, -0.1) is 0 Å². The van der Waals surface area contributed by atoms with Crippen molar-refractivity contribution in [3.63, 3.8) is 0 Å². The summed E-state index contributed by atoms with van der Waals surface area (Å²) in [6.07, 6.45) is 0. The number of amides is 2. The molecule has 1 atom stereocenters. The highest BCUT2D eigenvalue weighted by atomic mass is 35.5. The molecular formula is C28H32ClN3O4S. The Kier molecular flexibility index (Phi) is 9.34. The van der Waals surface area contributed by atoms with Crippen LogP contribution in [0.25, 0.3) is 0 Å². The van der Waals surface area contributed by atoms with E-state index in [0.29, 0.717) is 22.8 Å². The lowest BCUT2D eigenvalue weighted by atomic mass is 10.1. The number of rotatable bonds is 10. The number of nitrogens with one attached hydrogen (secondary N) is 1. The van der Waals surface area contributed by atoms with Gasteiger partial charge in [-0.2, -0.15) is 0 Å². The van der Waals surface area contributed by atoms with Gasteiger partial charge in [-0.3, -0.25) is 13.9 Å². The lowest BCUT2D eigenvalue weighted by Crippen LogP contribution is -2.51. The Morgan fingerprint density at radius 3 is 2.22 bits per heavy atom. The number of halogens is 1. The summed E-state index contributed by atoms with van der Waals surface area (Å²) in [5.74, 6) is -0.831. The smallest absolute Gasteiger partial charge is 0.264 e. The molecule has 3 aromatic rings. The summed E-state index contributed by atoms with van der Waals surface area (Å²) in [5, 5.41) is 3.30. The molecule has 0 spiro atoms. The average Bonchev–Trinajstić information content (AvgIpc) is 2.87. The summed E-state index contributed by atoms with van der Waals surface area (Å²) in [6.45, 7) is 7.20. The number of nitrogens with zero attached hydrogens (tertiary/aromatic N) is 2. The minimum Gasteiger partial charge on any atom is -0.355 e. The molecule has 0 aliphatic carbocycles. The van der Waals surface area contributed by atoms with Gasteiger partial charge in [-0.25, -0.2) is 8.42 Å². The lowest BCUT2D eigenvalue weighted by molar-refractivity contribution is -0.139. The minimum atomic E-state index is -4.08. The van der Waals surface area contributed by atoms with E-state index >= 15 is 0 Å². The molecule has 1 N–H and O–H groups in total. The van der Waals surface area contributed by atoms with E-state index in [1.54, 1.807) is 62.4 Å². The molecule has 0 fully saturated rings. The van der Waals surface area contributed by atoms with E-state index in [1.807, 2.05) is 26.0 Å². The molecule has 0 saturated carbocycles. The van der Waals surface area contributed by atoms with Crippen molar-refractivity contribution in [1.29, 1.82) is 0 Å². The van der Waals surface area contributed by atoms with Crippen LogP contribution in [-0.4, -0.2) is 44.3 Å². The number of carbonyl (C=O) groups is 2. The van der Waals surface area contributed by atoms with Crippen LogP contribution < -0.4 is 9.62 Å². The molecule has 3 aromatic carbocycles. The molecule has 0 bridgehead atoms. The zero-order chi connectivity index (χ0) is 27.2. The number of hydrogen-bond donors (Lipinski definition) is 1. The van der Waals surface area contributed by atoms with E-state index in [0.717, 1.165) is 15.4 Å². The maximum atomic E-state index is 13.8. The zero-order valence-corrected chi connectivity index (χ0v) is 23.0. The Morgan fingerprint density at radius 2 is 1.62 bits per heavy atom. The standard InChI is InChI=1S/C28H32ClN3O4S/c1-5-30-28(34)22(4)31(18-23-12-14-24(29)15-13-23)27(33)19-32(26-16-11-20(2)17-21(26)3)37(35,36)25-9-7-6-8-10-25/h6-17,22H,5,18-19H2,1-4H3,(H,30,34)/t22-/m0/s1. The fraction of sp³-hybridized carbons (Fsp3) is 0.286. The number of carbonyl (C=O) groups excluding carboxylic acids is 2. The van der Waals surface area contributed by atoms with Gasteiger partial charge in [0.15, 0.2) is 0 Å². The number of hydrogen-bond acceptors (Lipinski definition) is 4. The van der Waals surface area contributed by atoms with Crippen LogP contribution in [0.15, 0.2) is 77.7 Å². The van der Waals surface area contributed by atoms with E-state index in [1.165, 1.54) is 17.0 Å². The maximum absolute atomic E-state index is 13.8. The molecule has 0 aliphatic rings. The molecule has 0 aromatic heterocycles. The topological polar surface area (TPSA) is 86.8 Å². The largest absolute Gasteiger partial charge is 0.355 e. The van der Waals surface area contributed by atoms with Gasteiger partial charge in [0, 0.05) is 18.1 Å². The summed E-state index contributed by atoms with van der Waals surface area (Å²) in [6, 6.07) is 19.5. The second-order valence-electron chi connectivity index (χ2n) is 8.83. The number of aryl methyl sites for hydroxylation is 2. The molecule has 0 unspecified atom stereocenters. The van der Waals surface area contributed by atoms with Crippen molar-refractivity contribution in [3.8, 4) is 0 Å². The fourth-order valence-corrected chi connectivity index (χ4v) is 5.64. The average molecular weight is 542 g/mol. The molecule has 2 amide bonds. The van der Waals surface area contributed by atoms with Crippen molar-refractivity contribution in [2.75, 3.05) is 17.4 Å². The Balaban J connectivity index is 2.04. The predicted molar refractivity (Wildman–Crippen MR) is 147 cm³/mol. The Bertz CT molecular complexity index is 1350. The van der Waals surface area contributed by atoms with Gasteiger partial charge >= 0.3 is 0 Å². The number of likely N-dealkylation sites (N-methyl/N-ethyl adjacent to an activating group) is 1. The third-order valence-electron chi connectivity index (χ3n) is 6.02. The van der Waals surface area contributed by atoms with Crippen molar-refractivity contribution in [3.05, 3.63) is 94.5 Å². The van der Waals surface area contributed by atoms with Crippen molar-refractivity contribution in [2.24, 2.45) is 0 Å². The van der Waals surface area contributed by atoms with E-state index < -0.39 is 28.5 Å². The van der Waals surface area contributed by atoms with Crippen molar-refractivity contribution >= 4 is 39.1 Å². The normalized spacial score (nSPS) is 12.0. The Labute approximate surface area is 224 Å². The first-order chi connectivity index (χ1) is 17.5. The highest BCUT2D eigenvalue weighted by Gasteiger charge is 2.33. The van der Waals surface area contributed by atoms with Crippen LogP contribution in [0, 0.1) is 13.8 Å². The number of benzene rings is 3. The molecule has 37 heavy (non-hydrogen) atoms. The monoisotopic (exact) mass is 541 g/mol. The molecule has 0 aliphatic heterocycles. The van der Waals surface area contributed by atoms with Gasteiger partial charge in [0.25, 0.3) is 10.0 Å². The van der Waals surface area contributed by atoms with Crippen LogP contribution in [0.2, 0.25) is 5.02 Å². The van der Waals surface area contributed by atoms with Crippen LogP contribution in [0.5, 0.6) is 0 Å². The second-order valence-corrected chi connectivity index (χ2v) is 11.1. The third kappa shape index (κ3) is 6.90. The van der Waals surface area contributed by atoms with Gasteiger partial charge < -0.3 is 10.2 Å². The summed E-state index contributed by atoms with van der Waals surface area (Å²) < 4.78 is 28.7. The van der Waals surface area contributed by atoms with Crippen LogP contribution in [-0.2, 0) is 26.2 Å². The second kappa shape index (κ2) is 12.3. The summed E-state index contributed by atoms with van der Waals surface area (Å²) in [5.41, 5.74) is 2.85. The van der Waals surface area contributed by atoms with Crippen molar-refractivity contribution in [2.45, 2.75) is 45.2 Å². The molecule has 0 radical (unpaired) electrons. The van der Waals surface area contributed by atoms with Gasteiger partial charge in [-0.1, -0.05) is 59.6 Å². The van der Waals surface area contributed by atoms with Gasteiger partial charge in [-0.05, 0) is 69.2 Å². The summed E-state index contributed by atoms with van der Waals surface area (Å²) in [7, 11) is -4.08. The molecule has 9 heteroatoms. The zero-order valence-electron chi connectivity index (χ0n) is 21.4. The SMILES string of the molecule is CCNC(=O)[C@H](C)N(Cc1ccc(Cl)cc1)C(=O)CN(c1ccc(C)cc1C)S(=O)(=O)c1ccccc1. The fourth-order valence-electron chi connectivity index (χ4n) is 4.01. The third-order valence-corrected chi connectivity index (χ3v) is 8.04. The lowest BCUT2D eigenvalue weighted by Gasteiger charge is -2.32. The quantitative estimate of drug-likeness (QED) is 0.403. The molecule has 7 nitrogen and oxygen atoms in total. The summed E-state index contributed by atoms with van der Waals surface area (Å²) in [4.78, 5) is 28.0. The van der Waals surface area contributed by atoms with Crippen molar-refractivity contribution < 1.29 is 18.0 Å². The summed E-state index contributed by atoms with van der Waals surface area (Å²) >= 11 is 6.02. The van der Waals surface area contributed by atoms with E-state index in [4.69, 9.17) is 11.6 Å². The number of anilines is 1. The van der Waals surface area contributed by atoms with Crippen LogP contribution >= 0.6 is 11.6 Å². The van der Waals surface area contributed by atoms with Crippen LogP contribution in [0.4, 0.5) is 5.69 Å². The van der Waals surface area contributed by atoms with Gasteiger partial charge in [0.1, 0.15) is 12.6 Å². The predicted octanol–water partition coefficient (Wildman–Crippen LogP) is 4.71. The maximum Gasteiger partial charge on any atom is 0.264 e. The van der Waals surface area contributed by atoms with E-state index in [9.17, 15) is 18.0 Å².